The molecule has 1 aliphatic carbocycles. The van der Waals surface area contributed by atoms with Crippen LogP contribution in [0.4, 0.5) is 5.69 Å². The standard InChI is InChI=1S/C21H19N3O/c25-21(24-19-12-6-10-15-7-4-5-11-18(15)19)17-13-22-20(23-14-17)16-8-2-1-3-9-16/h1-3,6,8-10,12-14H,4-5,7,11H2,(H,24,25). The van der Waals surface area contributed by atoms with Gasteiger partial charge in [0.1, 0.15) is 0 Å². The zero-order chi connectivity index (χ0) is 17.1. The molecular weight excluding hydrogens is 310 g/mol. The minimum Gasteiger partial charge on any atom is -0.322 e. The molecule has 1 N–H and O–H groups in total. The Balaban J connectivity index is 1.54. The van der Waals surface area contributed by atoms with Crippen molar-refractivity contribution in [3.8, 4) is 11.4 Å². The van der Waals surface area contributed by atoms with Crippen LogP contribution in [0, 0.1) is 0 Å². The largest absolute Gasteiger partial charge is 0.322 e. The van der Waals surface area contributed by atoms with Crippen LogP contribution in [0.5, 0.6) is 0 Å². The van der Waals surface area contributed by atoms with E-state index < -0.39 is 0 Å². The van der Waals surface area contributed by atoms with Crippen molar-refractivity contribution >= 4 is 11.6 Å². The third kappa shape index (κ3) is 3.29. The number of carbonyl (C=O) groups excluding carboxylic acids is 1. The first kappa shape index (κ1) is 15.5. The molecule has 1 aromatic heterocycles. The summed E-state index contributed by atoms with van der Waals surface area (Å²) in [6, 6.07) is 15.9. The molecule has 2 aromatic carbocycles. The Morgan fingerprint density at radius 1 is 0.880 bits per heavy atom. The van der Waals surface area contributed by atoms with Crippen molar-refractivity contribution in [3.63, 3.8) is 0 Å². The maximum atomic E-state index is 12.6. The minimum absolute atomic E-state index is 0.168. The fourth-order valence-electron chi connectivity index (χ4n) is 3.27. The molecule has 0 unspecified atom stereocenters. The summed E-state index contributed by atoms with van der Waals surface area (Å²) in [5.74, 6) is 0.452. The summed E-state index contributed by atoms with van der Waals surface area (Å²) in [5, 5.41) is 3.03. The molecule has 1 amide bonds. The van der Waals surface area contributed by atoms with Gasteiger partial charge in [0.05, 0.1) is 5.56 Å². The number of fused-ring (bicyclic) bond motifs is 1. The second-order valence-electron chi connectivity index (χ2n) is 6.27. The first-order valence-corrected chi connectivity index (χ1v) is 8.61. The average Bonchev–Trinajstić information content (AvgIpc) is 2.69. The first-order valence-electron chi connectivity index (χ1n) is 8.61. The van der Waals surface area contributed by atoms with E-state index in [0.717, 1.165) is 24.1 Å². The minimum atomic E-state index is -0.168. The fraction of sp³-hybridized carbons (Fsp3) is 0.190. The number of carbonyl (C=O) groups is 1. The molecule has 0 atom stereocenters. The lowest BCUT2D eigenvalue weighted by Gasteiger charge is -2.19. The second-order valence-corrected chi connectivity index (χ2v) is 6.27. The summed E-state index contributed by atoms with van der Waals surface area (Å²) < 4.78 is 0. The van der Waals surface area contributed by atoms with Gasteiger partial charge in [0.15, 0.2) is 5.82 Å². The van der Waals surface area contributed by atoms with Gasteiger partial charge < -0.3 is 5.32 Å². The number of benzene rings is 2. The van der Waals surface area contributed by atoms with Crippen molar-refractivity contribution < 1.29 is 4.79 Å². The summed E-state index contributed by atoms with van der Waals surface area (Å²) in [5.41, 5.74) is 4.93. The van der Waals surface area contributed by atoms with Gasteiger partial charge in [0.25, 0.3) is 5.91 Å². The van der Waals surface area contributed by atoms with Crippen molar-refractivity contribution in [2.24, 2.45) is 0 Å². The molecule has 124 valence electrons. The van der Waals surface area contributed by atoms with Gasteiger partial charge >= 0.3 is 0 Å². The summed E-state index contributed by atoms with van der Waals surface area (Å²) in [4.78, 5) is 21.2. The van der Waals surface area contributed by atoms with Gasteiger partial charge in [-0.05, 0) is 42.9 Å². The number of rotatable bonds is 3. The van der Waals surface area contributed by atoms with Gasteiger partial charge in [0.2, 0.25) is 0 Å². The highest BCUT2D eigenvalue weighted by molar-refractivity contribution is 6.04. The van der Waals surface area contributed by atoms with E-state index >= 15 is 0 Å². The molecule has 0 fully saturated rings. The van der Waals surface area contributed by atoms with E-state index in [9.17, 15) is 4.79 Å². The number of anilines is 1. The second kappa shape index (κ2) is 6.85. The number of hydrogen-bond acceptors (Lipinski definition) is 3. The molecule has 25 heavy (non-hydrogen) atoms. The van der Waals surface area contributed by atoms with Crippen molar-refractivity contribution in [1.29, 1.82) is 0 Å². The van der Waals surface area contributed by atoms with E-state index in [1.165, 1.54) is 24.0 Å². The zero-order valence-corrected chi connectivity index (χ0v) is 13.9. The van der Waals surface area contributed by atoms with E-state index in [1.807, 2.05) is 42.5 Å². The topological polar surface area (TPSA) is 54.9 Å². The van der Waals surface area contributed by atoms with Gasteiger partial charge in [-0.3, -0.25) is 4.79 Å². The highest BCUT2D eigenvalue weighted by Crippen LogP contribution is 2.28. The Labute approximate surface area is 147 Å². The van der Waals surface area contributed by atoms with E-state index in [-0.39, 0.29) is 5.91 Å². The Morgan fingerprint density at radius 3 is 2.44 bits per heavy atom. The smallest absolute Gasteiger partial charge is 0.258 e. The van der Waals surface area contributed by atoms with Gasteiger partial charge in [-0.25, -0.2) is 9.97 Å². The number of nitrogens with one attached hydrogen (secondary N) is 1. The lowest BCUT2D eigenvalue weighted by atomic mass is 9.90. The van der Waals surface area contributed by atoms with E-state index in [0.29, 0.717) is 11.4 Å². The fourth-order valence-corrected chi connectivity index (χ4v) is 3.27. The number of hydrogen-bond donors (Lipinski definition) is 1. The van der Waals surface area contributed by atoms with Crippen LogP contribution in [0.3, 0.4) is 0 Å². The van der Waals surface area contributed by atoms with Crippen LogP contribution in [0.25, 0.3) is 11.4 Å². The maximum absolute atomic E-state index is 12.6. The molecule has 0 saturated heterocycles. The third-order valence-electron chi connectivity index (χ3n) is 4.59. The van der Waals surface area contributed by atoms with E-state index in [1.54, 1.807) is 12.4 Å². The third-order valence-corrected chi connectivity index (χ3v) is 4.59. The van der Waals surface area contributed by atoms with Crippen LogP contribution in [-0.4, -0.2) is 15.9 Å². The monoisotopic (exact) mass is 329 g/mol. The molecule has 1 aliphatic rings. The van der Waals surface area contributed by atoms with Crippen LogP contribution in [0.15, 0.2) is 60.9 Å². The maximum Gasteiger partial charge on any atom is 0.258 e. The quantitative estimate of drug-likeness (QED) is 0.780. The lowest BCUT2D eigenvalue weighted by molar-refractivity contribution is 0.102. The number of aromatic nitrogens is 2. The number of amides is 1. The normalized spacial score (nSPS) is 13.1. The molecule has 0 bridgehead atoms. The Kier molecular flexibility index (Phi) is 4.25. The van der Waals surface area contributed by atoms with Crippen LogP contribution in [0.1, 0.15) is 34.3 Å². The highest BCUT2D eigenvalue weighted by Gasteiger charge is 2.15. The van der Waals surface area contributed by atoms with Crippen molar-refractivity contribution in [2.75, 3.05) is 5.32 Å². The Morgan fingerprint density at radius 2 is 1.64 bits per heavy atom. The molecule has 4 rings (SSSR count). The van der Waals surface area contributed by atoms with Crippen LogP contribution >= 0.6 is 0 Å². The van der Waals surface area contributed by atoms with Crippen molar-refractivity contribution in [2.45, 2.75) is 25.7 Å². The molecular formula is C21H19N3O. The molecule has 4 nitrogen and oxygen atoms in total. The van der Waals surface area contributed by atoms with E-state index in [4.69, 9.17) is 0 Å². The summed E-state index contributed by atoms with van der Waals surface area (Å²) >= 11 is 0. The van der Waals surface area contributed by atoms with Gasteiger partial charge in [-0.2, -0.15) is 0 Å². The van der Waals surface area contributed by atoms with Crippen LogP contribution < -0.4 is 5.32 Å². The number of aryl methyl sites for hydroxylation is 1. The van der Waals surface area contributed by atoms with Crippen LogP contribution in [-0.2, 0) is 12.8 Å². The van der Waals surface area contributed by atoms with Crippen molar-refractivity contribution in [3.05, 3.63) is 77.6 Å². The molecule has 1 heterocycles. The van der Waals surface area contributed by atoms with Crippen molar-refractivity contribution in [1.82, 2.24) is 9.97 Å². The Bertz CT molecular complexity index is 889. The van der Waals surface area contributed by atoms with Gasteiger partial charge in [-0.15, -0.1) is 0 Å². The Hall–Kier alpha value is -3.01. The number of nitrogens with zero attached hydrogens (tertiary/aromatic N) is 2. The average molecular weight is 329 g/mol. The lowest BCUT2D eigenvalue weighted by Crippen LogP contribution is -2.16. The van der Waals surface area contributed by atoms with E-state index in [2.05, 4.69) is 21.4 Å². The summed E-state index contributed by atoms with van der Waals surface area (Å²) in [6.07, 6.45) is 7.68. The summed E-state index contributed by atoms with van der Waals surface area (Å²) in [7, 11) is 0. The van der Waals surface area contributed by atoms with Gasteiger partial charge in [-0.1, -0.05) is 42.5 Å². The molecule has 0 saturated carbocycles. The highest BCUT2D eigenvalue weighted by atomic mass is 16.1. The van der Waals surface area contributed by atoms with Crippen LogP contribution in [0.2, 0.25) is 0 Å². The SMILES string of the molecule is O=C(Nc1cccc2c1CCCC2)c1cnc(-c2ccccc2)nc1. The predicted molar refractivity (Wildman–Crippen MR) is 98.5 cm³/mol. The predicted octanol–water partition coefficient (Wildman–Crippen LogP) is 4.27. The first-order chi connectivity index (χ1) is 12.3. The molecule has 3 aromatic rings. The molecule has 0 spiro atoms. The molecule has 0 aliphatic heterocycles. The zero-order valence-electron chi connectivity index (χ0n) is 13.9. The molecule has 4 heteroatoms. The van der Waals surface area contributed by atoms with Gasteiger partial charge in [0, 0.05) is 23.6 Å². The molecule has 0 radical (unpaired) electrons. The summed E-state index contributed by atoms with van der Waals surface area (Å²) in [6.45, 7) is 0.